The second-order valence-electron chi connectivity index (χ2n) is 8.58. The quantitative estimate of drug-likeness (QED) is 0.698. The Balaban J connectivity index is 1.63. The number of aryl methyl sites for hydroxylation is 1. The first kappa shape index (κ1) is 20.2. The molecule has 0 bridgehead atoms. The van der Waals surface area contributed by atoms with Crippen LogP contribution in [-0.2, 0) is 4.79 Å². The van der Waals surface area contributed by atoms with E-state index in [0.717, 1.165) is 48.5 Å². The summed E-state index contributed by atoms with van der Waals surface area (Å²) in [5.41, 5.74) is 3.49. The van der Waals surface area contributed by atoms with E-state index in [2.05, 4.69) is 11.9 Å². The van der Waals surface area contributed by atoms with Crippen LogP contribution in [0.2, 0.25) is 0 Å². The van der Waals surface area contributed by atoms with Gasteiger partial charge in [-0.1, -0.05) is 0 Å². The normalized spacial score (nSPS) is 28.7. The Labute approximate surface area is 168 Å². The fourth-order valence-electron chi connectivity index (χ4n) is 5.04. The van der Waals surface area contributed by atoms with E-state index in [1.165, 1.54) is 0 Å². The summed E-state index contributed by atoms with van der Waals surface area (Å²) < 4.78 is 40.8. The fourth-order valence-corrected chi connectivity index (χ4v) is 5.04. The Bertz CT molecular complexity index is 886. The highest BCUT2D eigenvalue weighted by Gasteiger charge is 2.42. The maximum atomic E-state index is 13.0. The number of hydrogen-bond acceptors (Lipinski definition) is 3. The molecule has 29 heavy (non-hydrogen) atoms. The van der Waals surface area contributed by atoms with Gasteiger partial charge in [0, 0.05) is 36.2 Å². The van der Waals surface area contributed by atoms with Gasteiger partial charge in [-0.3, -0.25) is 4.79 Å². The number of halogens is 3. The van der Waals surface area contributed by atoms with E-state index in [1.54, 1.807) is 0 Å². The van der Waals surface area contributed by atoms with Gasteiger partial charge in [-0.05, 0) is 58.4 Å². The van der Waals surface area contributed by atoms with Gasteiger partial charge in [0.25, 0.3) is 0 Å². The summed E-state index contributed by atoms with van der Waals surface area (Å²) in [5, 5.41) is 4.79. The Morgan fingerprint density at radius 2 is 1.86 bits per heavy atom. The van der Waals surface area contributed by atoms with Crippen molar-refractivity contribution >= 4 is 12.1 Å². The molecule has 1 saturated heterocycles. The third kappa shape index (κ3) is 3.85. The maximum Gasteiger partial charge on any atom is 0.391 e. The minimum atomic E-state index is -4.10. The first-order valence-electron chi connectivity index (χ1n) is 10.4. The number of carbonyl (C=O) groups is 1. The van der Waals surface area contributed by atoms with Gasteiger partial charge in [-0.25, -0.2) is 9.50 Å². The lowest BCUT2D eigenvalue weighted by molar-refractivity contribution is -0.182. The molecule has 1 aliphatic carbocycles. The predicted octanol–water partition coefficient (Wildman–Crippen LogP) is 4.60. The molecule has 4 rings (SSSR count). The zero-order valence-electron chi connectivity index (χ0n) is 16.8. The number of nitrogens with zero attached hydrogens (tertiary/aromatic N) is 4. The summed E-state index contributed by atoms with van der Waals surface area (Å²) in [6.45, 7) is 4.76. The van der Waals surface area contributed by atoms with E-state index in [-0.39, 0.29) is 30.7 Å². The van der Waals surface area contributed by atoms with E-state index >= 15 is 0 Å². The van der Waals surface area contributed by atoms with Gasteiger partial charge < -0.3 is 4.90 Å². The molecule has 1 saturated carbocycles. The molecular weight excluding hydrogens is 381 g/mol. The van der Waals surface area contributed by atoms with Crippen molar-refractivity contribution in [1.29, 1.82) is 0 Å². The van der Waals surface area contributed by atoms with Crippen molar-refractivity contribution in [3.05, 3.63) is 29.2 Å². The summed E-state index contributed by atoms with van der Waals surface area (Å²) in [4.78, 5) is 17.8. The zero-order chi connectivity index (χ0) is 20.8. The number of rotatable bonds is 3. The fraction of sp³-hybridized carbons (Fsp3) is 0.667. The zero-order valence-corrected chi connectivity index (χ0v) is 16.8. The highest BCUT2D eigenvalue weighted by Crippen LogP contribution is 2.43. The number of fused-ring (bicyclic) bond motifs is 1. The summed E-state index contributed by atoms with van der Waals surface area (Å²) >= 11 is 0. The van der Waals surface area contributed by atoms with Crippen molar-refractivity contribution in [1.82, 2.24) is 19.5 Å². The van der Waals surface area contributed by atoms with Crippen LogP contribution in [0, 0.1) is 12.8 Å². The van der Waals surface area contributed by atoms with Gasteiger partial charge in [-0.15, -0.1) is 0 Å². The molecule has 2 atom stereocenters. The van der Waals surface area contributed by atoms with Crippen molar-refractivity contribution in [2.45, 2.75) is 76.4 Å². The van der Waals surface area contributed by atoms with E-state index in [9.17, 15) is 18.0 Å². The largest absolute Gasteiger partial charge is 0.391 e. The number of amides is 1. The lowest BCUT2D eigenvalue weighted by Crippen LogP contribution is -2.41. The molecule has 0 unspecified atom stereocenters. The van der Waals surface area contributed by atoms with Crippen LogP contribution in [0.25, 0.3) is 5.65 Å². The van der Waals surface area contributed by atoms with Crippen molar-refractivity contribution in [3.8, 4) is 0 Å². The number of piperidine rings is 1. The molecular formula is C21H27F3N4O. The minimum absolute atomic E-state index is 0.0405. The molecule has 0 N–H and O–H groups in total. The van der Waals surface area contributed by atoms with Gasteiger partial charge in [-0.2, -0.15) is 18.3 Å². The van der Waals surface area contributed by atoms with E-state index in [1.807, 2.05) is 28.5 Å². The van der Waals surface area contributed by atoms with E-state index < -0.39 is 12.1 Å². The van der Waals surface area contributed by atoms with Crippen LogP contribution in [0.4, 0.5) is 13.2 Å². The van der Waals surface area contributed by atoms with Crippen molar-refractivity contribution in [2.24, 2.45) is 5.92 Å². The molecule has 0 spiro atoms. The molecule has 158 valence electrons. The van der Waals surface area contributed by atoms with Gasteiger partial charge in [0.05, 0.1) is 17.3 Å². The SMILES string of the molecule is Cc1cc([C@H]2CCCN(C=O)[C@H]2C)n2nc([C@H]3CC[C@H](C(F)(F)F)CC3)cc2n1. The highest BCUT2D eigenvalue weighted by atomic mass is 19.4. The number of likely N-dealkylation sites (tertiary alicyclic amines) is 1. The summed E-state index contributed by atoms with van der Waals surface area (Å²) in [7, 11) is 0. The molecule has 8 heteroatoms. The Hall–Kier alpha value is -2.12. The van der Waals surface area contributed by atoms with Crippen LogP contribution in [0.3, 0.4) is 0 Å². The summed E-state index contributed by atoms with van der Waals surface area (Å²) in [6.07, 6.45) is 0.0436. The van der Waals surface area contributed by atoms with Crippen LogP contribution in [0.5, 0.6) is 0 Å². The summed E-state index contributed by atoms with van der Waals surface area (Å²) in [6, 6.07) is 4.03. The van der Waals surface area contributed by atoms with E-state index in [4.69, 9.17) is 5.10 Å². The van der Waals surface area contributed by atoms with Crippen LogP contribution in [-0.4, -0.2) is 44.7 Å². The molecule has 5 nitrogen and oxygen atoms in total. The van der Waals surface area contributed by atoms with Gasteiger partial charge >= 0.3 is 6.18 Å². The molecule has 0 aromatic carbocycles. The molecule has 2 fully saturated rings. The van der Waals surface area contributed by atoms with Crippen LogP contribution in [0.15, 0.2) is 12.1 Å². The van der Waals surface area contributed by atoms with Gasteiger partial charge in [0.2, 0.25) is 6.41 Å². The molecule has 3 heterocycles. The number of hydrogen-bond donors (Lipinski definition) is 0. The predicted molar refractivity (Wildman–Crippen MR) is 103 cm³/mol. The molecule has 0 radical (unpaired) electrons. The maximum absolute atomic E-state index is 13.0. The lowest BCUT2D eigenvalue weighted by Gasteiger charge is -2.37. The smallest absolute Gasteiger partial charge is 0.342 e. The molecule has 2 aromatic rings. The standard InChI is InChI=1S/C21H27F3N4O/c1-13-10-19(17-4-3-9-27(12-29)14(17)2)28-20(25-13)11-18(26-28)15-5-7-16(8-6-15)21(22,23)24/h10-12,14-17H,3-9H2,1-2H3/t14-,15-,16-,17-/m0/s1. The molecule has 2 aliphatic rings. The summed E-state index contributed by atoms with van der Waals surface area (Å²) in [5.74, 6) is -0.991. The lowest BCUT2D eigenvalue weighted by atomic mass is 9.80. The first-order valence-corrected chi connectivity index (χ1v) is 10.4. The third-order valence-electron chi connectivity index (χ3n) is 6.76. The number of aromatic nitrogens is 3. The highest BCUT2D eigenvalue weighted by molar-refractivity contribution is 5.49. The van der Waals surface area contributed by atoms with E-state index in [0.29, 0.717) is 12.8 Å². The second kappa shape index (κ2) is 7.61. The first-order chi connectivity index (χ1) is 13.8. The van der Waals surface area contributed by atoms with Crippen LogP contribution < -0.4 is 0 Å². The van der Waals surface area contributed by atoms with Crippen LogP contribution >= 0.6 is 0 Å². The van der Waals surface area contributed by atoms with Crippen LogP contribution in [0.1, 0.15) is 74.4 Å². The minimum Gasteiger partial charge on any atom is -0.342 e. The number of alkyl halides is 3. The molecule has 1 amide bonds. The third-order valence-corrected chi connectivity index (χ3v) is 6.76. The van der Waals surface area contributed by atoms with Crippen molar-refractivity contribution in [2.75, 3.05) is 6.54 Å². The van der Waals surface area contributed by atoms with Gasteiger partial charge in [0.1, 0.15) is 0 Å². The average molecular weight is 408 g/mol. The number of carbonyl (C=O) groups excluding carboxylic acids is 1. The topological polar surface area (TPSA) is 50.5 Å². The Kier molecular flexibility index (Phi) is 5.29. The van der Waals surface area contributed by atoms with Crippen molar-refractivity contribution in [3.63, 3.8) is 0 Å². The molecule has 1 aliphatic heterocycles. The Morgan fingerprint density at radius 3 is 2.52 bits per heavy atom. The molecule has 2 aromatic heterocycles. The van der Waals surface area contributed by atoms with Gasteiger partial charge in [0.15, 0.2) is 5.65 Å². The average Bonchev–Trinajstić information content (AvgIpc) is 3.11. The Morgan fingerprint density at radius 1 is 1.14 bits per heavy atom. The van der Waals surface area contributed by atoms with Crippen molar-refractivity contribution < 1.29 is 18.0 Å². The monoisotopic (exact) mass is 408 g/mol. The second-order valence-corrected chi connectivity index (χ2v) is 8.58.